The molecular formula is C15H13ClO. The molecule has 1 aliphatic rings. The maximum atomic E-state index is 5.91. The minimum atomic E-state index is 0.0530. The largest absolute Gasteiger partial charge is 0.368 e. The molecule has 86 valence electrons. The summed E-state index contributed by atoms with van der Waals surface area (Å²) in [6.07, 6.45) is 1.05. The molecule has 2 aromatic carbocycles. The standard InChI is InChI=1S/C15H13ClO/c16-13-7-5-12(6-8-13)15-14-4-2-1-3-11(14)9-10-17-15/h1-8,15H,9-10H2/t15-/m0/s1. The van der Waals surface area contributed by atoms with E-state index in [1.165, 1.54) is 16.7 Å². The molecule has 1 atom stereocenters. The zero-order valence-electron chi connectivity index (χ0n) is 9.40. The monoisotopic (exact) mass is 244 g/mol. The van der Waals surface area contributed by atoms with Crippen LogP contribution in [0, 0.1) is 0 Å². The molecule has 1 nitrogen and oxygen atoms in total. The second-order valence-corrected chi connectivity index (χ2v) is 4.69. The molecule has 0 amide bonds. The molecule has 0 N–H and O–H groups in total. The first-order valence-electron chi connectivity index (χ1n) is 5.79. The van der Waals surface area contributed by atoms with Gasteiger partial charge in [0.25, 0.3) is 0 Å². The van der Waals surface area contributed by atoms with Gasteiger partial charge in [0.2, 0.25) is 0 Å². The van der Waals surface area contributed by atoms with E-state index in [1.807, 2.05) is 24.3 Å². The van der Waals surface area contributed by atoms with E-state index < -0.39 is 0 Å². The first-order valence-corrected chi connectivity index (χ1v) is 6.17. The average molecular weight is 245 g/mol. The molecule has 0 bridgehead atoms. The maximum Gasteiger partial charge on any atom is 0.108 e. The lowest BCUT2D eigenvalue weighted by molar-refractivity contribution is 0.0698. The van der Waals surface area contributed by atoms with Gasteiger partial charge in [-0.25, -0.2) is 0 Å². The highest BCUT2D eigenvalue weighted by atomic mass is 35.5. The molecule has 2 heteroatoms. The van der Waals surface area contributed by atoms with Crippen LogP contribution in [-0.2, 0) is 11.2 Å². The molecule has 0 saturated heterocycles. The quantitative estimate of drug-likeness (QED) is 0.737. The van der Waals surface area contributed by atoms with Gasteiger partial charge in [-0.15, -0.1) is 0 Å². The van der Waals surface area contributed by atoms with Crippen LogP contribution in [0.1, 0.15) is 22.8 Å². The molecule has 3 rings (SSSR count). The number of hydrogen-bond acceptors (Lipinski definition) is 1. The Morgan fingerprint density at radius 2 is 1.76 bits per heavy atom. The summed E-state index contributed by atoms with van der Waals surface area (Å²) in [5.41, 5.74) is 3.83. The molecular weight excluding hydrogens is 232 g/mol. The third-order valence-electron chi connectivity index (χ3n) is 3.17. The van der Waals surface area contributed by atoms with E-state index in [-0.39, 0.29) is 6.10 Å². The summed E-state index contributed by atoms with van der Waals surface area (Å²) < 4.78 is 5.89. The number of halogens is 1. The van der Waals surface area contributed by atoms with Gasteiger partial charge in [-0.3, -0.25) is 0 Å². The summed E-state index contributed by atoms with van der Waals surface area (Å²) in [5.74, 6) is 0. The van der Waals surface area contributed by atoms with Crippen LogP contribution in [0.4, 0.5) is 0 Å². The molecule has 17 heavy (non-hydrogen) atoms. The molecule has 1 aliphatic heterocycles. The predicted octanol–water partition coefficient (Wildman–Crippen LogP) is 4.00. The Balaban J connectivity index is 2.03. The first-order chi connectivity index (χ1) is 8.34. The number of fused-ring (bicyclic) bond motifs is 1. The van der Waals surface area contributed by atoms with Gasteiger partial charge in [-0.05, 0) is 35.2 Å². The van der Waals surface area contributed by atoms with Crippen molar-refractivity contribution in [1.29, 1.82) is 0 Å². The van der Waals surface area contributed by atoms with Crippen molar-refractivity contribution < 1.29 is 4.74 Å². The van der Waals surface area contributed by atoms with Gasteiger partial charge >= 0.3 is 0 Å². The lowest BCUT2D eigenvalue weighted by Gasteiger charge is -2.26. The Labute approximate surface area is 106 Å². The maximum absolute atomic E-state index is 5.91. The van der Waals surface area contributed by atoms with Crippen molar-refractivity contribution in [1.82, 2.24) is 0 Å². The summed E-state index contributed by atoms with van der Waals surface area (Å²) in [7, 11) is 0. The minimum absolute atomic E-state index is 0.0530. The second kappa shape index (κ2) is 4.52. The summed E-state index contributed by atoms with van der Waals surface area (Å²) in [6, 6.07) is 16.4. The van der Waals surface area contributed by atoms with Crippen LogP contribution in [0.5, 0.6) is 0 Å². The molecule has 0 aliphatic carbocycles. The van der Waals surface area contributed by atoms with E-state index in [9.17, 15) is 0 Å². The van der Waals surface area contributed by atoms with Crippen LogP contribution in [-0.4, -0.2) is 6.61 Å². The predicted molar refractivity (Wildman–Crippen MR) is 69.4 cm³/mol. The van der Waals surface area contributed by atoms with Crippen molar-refractivity contribution in [2.45, 2.75) is 12.5 Å². The molecule has 1 heterocycles. The van der Waals surface area contributed by atoms with Crippen molar-refractivity contribution in [3.05, 3.63) is 70.2 Å². The van der Waals surface area contributed by atoms with Gasteiger partial charge in [-0.1, -0.05) is 48.0 Å². The van der Waals surface area contributed by atoms with Gasteiger partial charge in [0.15, 0.2) is 0 Å². The highest BCUT2D eigenvalue weighted by molar-refractivity contribution is 6.30. The second-order valence-electron chi connectivity index (χ2n) is 4.25. The van der Waals surface area contributed by atoms with Gasteiger partial charge in [0.1, 0.15) is 6.10 Å². The fourth-order valence-electron chi connectivity index (χ4n) is 2.31. The first kappa shape index (κ1) is 10.8. The van der Waals surface area contributed by atoms with Gasteiger partial charge in [0, 0.05) is 5.02 Å². The summed E-state index contributed by atoms with van der Waals surface area (Å²) in [4.78, 5) is 0. The normalized spacial score (nSPS) is 18.8. The zero-order valence-corrected chi connectivity index (χ0v) is 10.2. The fraction of sp³-hybridized carbons (Fsp3) is 0.200. The Hall–Kier alpha value is -1.31. The number of rotatable bonds is 1. The molecule has 0 saturated carbocycles. The highest BCUT2D eigenvalue weighted by Gasteiger charge is 2.21. The van der Waals surface area contributed by atoms with Crippen LogP contribution in [0.15, 0.2) is 48.5 Å². The smallest absolute Gasteiger partial charge is 0.108 e. The SMILES string of the molecule is Clc1ccc([C@@H]2OCCc3ccccc32)cc1. The minimum Gasteiger partial charge on any atom is -0.368 e. The van der Waals surface area contributed by atoms with Crippen LogP contribution in [0.3, 0.4) is 0 Å². The Bertz CT molecular complexity index is 519. The number of hydrogen-bond donors (Lipinski definition) is 0. The number of ether oxygens (including phenoxy) is 1. The van der Waals surface area contributed by atoms with Crippen molar-refractivity contribution in [3.63, 3.8) is 0 Å². The van der Waals surface area contributed by atoms with Crippen LogP contribution < -0.4 is 0 Å². The van der Waals surface area contributed by atoms with Gasteiger partial charge < -0.3 is 4.74 Å². The molecule has 0 radical (unpaired) electrons. The third-order valence-corrected chi connectivity index (χ3v) is 3.42. The summed E-state index contributed by atoms with van der Waals surface area (Å²) >= 11 is 5.91. The van der Waals surface area contributed by atoms with Gasteiger partial charge in [-0.2, -0.15) is 0 Å². The van der Waals surface area contributed by atoms with Crippen LogP contribution in [0.2, 0.25) is 5.02 Å². The van der Waals surface area contributed by atoms with E-state index in [0.29, 0.717) is 0 Å². The van der Waals surface area contributed by atoms with E-state index >= 15 is 0 Å². The summed E-state index contributed by atoms with van der Waals surface area (Å²) in [5, 5.41) is 0.762. The number of benzene rings is 2. The fourth-order valence-corrected chi connectivity index (χ4v) is 2.43. The van der Waals surface area contributed by atoms with Crippen molar-refractivity contribution in [3.8, 4) is 0 Å². The van der Waals surface area contributed by atoms with E-state index in [2.05, 4.69) is 24.3 Å². The molecule has 0 fully saturated rings. The van der Waals surface area contributed by atoms with Crippen molar-refractivity contribution in [2.24, 2.45) is 0 Å². The molecule has 2 aromatic rings. The molecule has 0 unspecified atom stereocenters. The lowest BCUT2D eigenvalue weighted by Crippen LogP contribution is -2.17. The zero-order chi connectivity index (χ0) is 11.7. The Morgan fingerprint density at radius 1 is 1.00 bits per heavy atom. The van der Waals surface area contributed by atoms with Gasteiger partial charge in [0.05, 0.1) is 6.61 Å². The van der Waals surface area contributed by atoms with E-state index in [4.69, 9.17) is 16.3 Å². The summed E-state index contributed by atoms with van der Waals surface area (Å²) in [6.45, 7) is 0.782. The van der Waals surface area contributed by atoms with Crippen LogP contribution in [0.25, 0.3) is 0 Å². The Kier molecular flexibility index (Phi) is 2.87. The van der Waals surface area contributed by atoms with Crippen molar-refractivity contribution >= 4 is 11.6 Å². The molecule has 0 spiro atoms. The third kappa shape index (κ3) is 2.08. The topological polar surface area (TPSA) is 9.23 Å². The average Bonchev–Trinajstić information content (AvgIpc) is 2.39. The lowest BCUT2D eigenvalue weighted by atomic mass is 9.93. The Morgan fingerprint density at radius 3 is 2.59 bits per heavy atom. The van der Waals surface area contributed by atoms with E-state index in [1.54, 1.807) is 0 Å². The highest BCUT2D eigenvalue weighted by Crippen LogP contribution is 2.32. The molecule has 0 aromatic heterocycles. The van der Waals surface area contributed by atoms with Crippen molar-refractivity contribution in [2.75, 3.05) is 6.61 Å². The van der Waals surface area contributed by atoms with E-state index in [0.717, 1.165) is 18.1 Å². The van der Waals surface area contributed by atoms with Crippen LogP contribution >= 0.6 is 11.6 Å².